The zero-order valence-corrected chi connectivity index (χ0v) is 16.6. The van der Waals surface area contributed by atoms with Gasteiger partial charge in [0.25, 0.3) is 0 Å². The van der Waals surface area contributed by atoms with E-state index >= 15 is 0 Å². The van der Waals surface area contributed by atoms with Gasteiger partial charge in [-0.1, -0.05) is 32.0 Å². The van der Waals surface area contributed by atoms with Crippen molar-refractivity contribution in [2.24, 2.45) is 0 Å². The van der Waals surface area contributed by atoms with Crippen LogP contribution in [-0.4, -0.2) is 9.97 Å². The van der Waals surface area contributed by atoms with Gasteiger partial charge in [0, 0.05) is 33.6 Å². The molecule has 5 aromatic rings. The van der Waals surface area contributed by atoms with Crippen LogP contribution in [0.5, 0.6) is 0 Å². The van der Waals surface area contributed by atoms with Crippen LogP contribution in [0.15, 0.2) is 59.1 Å². The van der Waals surface area contributed by atoms with E-state index in [-0.39, 0.29) is 0 Å². The molecule has 28 heavy (non-hydrogen) atoms. The van der Waals surface area contributed by atoms with Crippen LogP contribution >= 0.6 is 0 Å². The van der Waals surface area contributed by atoms with Gasteiger partial charge >= 0.3 is 0 Å². The van der Waals surface area contributed by atoms with E-state index in [0.717, 1.165) is 38.7 Å². The number of aromatic nitrogens is 2. The minimum Gasteiger partial charge on any atom is -0.437 e. The van der Waals surface area contributed by atoms with Gasteiger partial charge in [-0.25, -0.2) is 4.98 Å². The first-order valence-electron chi connectivity index (χ1n) is 9.70. The number of furan rings is 1. The van der Waals surface area contributed by atoms with Crippen molar-refractivity contribution in [3.05, 3.63) is 71.5 Å². The van der Waals surface area contributed by atoms with Crippen molar-refractivity contribution in [3.8, 4) is 11.3 Å². The molecule has 0 aliphatic carbocycles. The summed E-state index contributed by atoms with van der Waals surface area (Å²) in [6, 6.07) is 17.2. The highest BCUT2D eigenvalue weighted by atomic mass is 16.3. The Labute approximate surface area is 164 Å². The van der Waals surface area contributed by atoms with Crippen LogP contribution in [0.2, 0.25) is 0 Å². The summed E-state index contributed by atoms with van der Waals surface area (Å²) in [7, 11) is 0. The van der Waals surface area contributed by atoms with Crippen LogP contribution in [-0.2, 0) is 0 Å². The summed E-state index contributed by atoms with van der Waals surface area (Å²) in [5.74, 6) is 0.497. The molecular weight excluding hydrogens is 344 g/mol. The number of benzene rings is 2. The highest BCUT2D eigenvalue weighted by Crippen LogP contribution is 2.36. The molecule has 0 unspecified atom stereocenters. The van der Waals surface area contributed by atoms with E-state index < -0.39 is 0 Å². The average molecular weight is 366 g/mol. The molecule has 3 aromatic heterocycles. The number of hydrogen-bond donors (Lipinski definition) is 0. The Morgan fingerprint density at radius 3 is 2.54 bits per heavy atom. The van der Waals surface area contributed by atoms with Gasteiger partial charge in [0.1, 0.15) is 5.58 Å². The van der Waals surface area contributed by atoms with Gasteiger partial charge < -0.3 is 4.42 Å². The summed E-state index contributed by atoms with van der Waals surface area (Å²) in [6.45, 7) is 8.53. The molecule has 0 aliphatic heterocycles. The quantitative estimate of drug-likeness (QED) is 0.340. The van der Waals surface area contributed by atoms with E-state index in [4.69, 9.17) is 9.40 Å². The predicted molar refractivity (Wildman–Crippen MR) is 116 cm³/mol. The lowest BCUT2D eigenvalue weighted by Crippen LogP contribution is -1.90. The SMILES string of the molecule is Cc1cc(-c2cc3cc(C(C)C)ccc3cn2)c2oc3nc(C)ccc3c2c1. The third-order valence-corrected chi connectivity index (χ3v) is 5.41. The molecule has 3 nitrogen and oxygen atoms in total. The molecule has 3 heteroatoms. The Balaban J connectivity index is 1.79. The highest BCUT2D eigenvalue weighted by molar-refractivity contribution is 6.09. The number of nitrogens with zero attached hydrogens (tertiary/aromatic N) is 2. The molecule has 0 aliphatic rings. The number of aryl methyl sites for hydroxylation is 2. The fraction of sp³-hybridized carbons (Fsp3) is 0.200. The molecule has 138 valence electrons. The van der Waals surface area contributed by atoms with Crippen LogP contribution in [0, 0.1) is 13.8 Å². The molecule has 0 N–H and O–H groups in total. The van der Waals surface area contributed by atoms with Crippen molar-refractivity contribution >= 4 is 32.8 Å². The molecule has 0 fully saturated rings. The van der Waals surface area contributed by atoms with Gasteiger partial charge in [-0.05, 0) is 66.6 Å². The van der Waals surface area contributed by atoms with E-state index in [1.807, 2.05) is 19.2 Å². The summed E-state index contributed by atoms with van der Waals surface area (Å²) in [6.07, 6.45) is 1.95. The van der Waals surface area contributed by atoms with Gasteiger partial charge in [0.15, 0.2) is 0 Å². The van der Waals surface area contributed by atoms with Crippen LogP contribution in [0.3, 0.4) is 0 Å². The van der Waals surface area contributed by atoms with Crippen molar-refractivity contribution in [3.63, 3.8) is 0 Å². The maximum absolute atomic E-state index is 6.20. The number of rotatable bonds is 2. The summed E-state index contributed by atoms with van der Waals surface area (Å²) >= 11 is 0. The van der Waals surface area contributed by atoms with Crippen molar-refractivity contribution < 1.29 is 4.42 Å². The second-order valence-corrected chi connectivity index (χ2v) is 7.93. The van der Waals surface area contributed by atoms with Crippen LogP contribution < -0.4 is 0 Å². The number of hydrogen-bond acceptors (Lipinski definition) is 3. The third-order valence-electron chi connectivity index (χ3n) is 5.41. The van der Waals surface area contributed by atoms with Gasteiger partial charge in [0.05, 0.1) is 5.69 Å². The minimum atomic E-state index is 0.497. The van der Waals surface area contributed by atoms with Crippen molar-refractivity contribution in [1.29, 1.82) is 0 Å². The zero-order valence-electron chi connectivity index (χ0n) is 16.6. The minimum absolute atomic E-state index is 0.497. The van der Waals surface area contributed by atoms with Gasteiger partial charge in [-0.2, -0.15) is 0 Å². The monoisotopic (exact) mass is 366 g/mol. The third kappa shape index (κ3) is 2.66. The second-order valence-electron chi connectivity index (χ2n) is 7.93. The molecule has 2 aromatic carbocycles. The lowest BCUT2D eigenvalue weighted by molar-refractivity contribution is 0.653. The first-order chi connectivity index (χ1) is 13.5. The van der Waals surface area contributed by atoms with E-state index in [2.05, 4.69) is 68.2 Å². The Morgan fingerprint density at radius 2 is 1.71 bits per heavy atom. The fourth-order valence-corrected chi connectivity index (χ4v) is 3.85. The van der Waals surface area contributed by atoms with Crippen LogP contribution in [0.25, 0.3) is 44.1 Å². The Kier molecular flexibility index (Phi) is 3.73. The number of fused-ring (bicyclic) bond motifs is 4. The molecule has 0 bridgehead atoms. The molecule has 0 radical (unpaired) electrons. The summed E-state index contributed by atoms with van der Waals surface area (Å²) in [4.78, 5) is 9.32. The van der Waals surface area contributed by atoms with E-state index in [1.165, 1.54) is 16.5 Å². The Bertz CT molecular complexity index is 1360. The van der Waals surface area contributed by atoms with Crippen LogP contribution in [0.4, 0.5) is 0 Å². The maximum atomic E-state index is 6.20. The highest BCUT2D eigenvalue weighted by Gasteiger charge is 2.15. The molecule has 0 amide bonds. The normalized spacial score (nSPS) is 11.9. The molecule has 0 atom stereocenters. The smallest absolute Gasteiger partial charge is 0.227 e. The Morgan fingerprint density at radius 1 is 0.857 bits per heavy atom. The average Bonchev–Trinajstić information content (AvgIpc) is 3.03. The topological polar surface area (TPSA) is 38.9 Å². The predicted octanol–water partition coefficient (Wildman–Crippen LogP) is 6.94. The molecule has 0 spiro atoms. The second kappa shape index (κ2) is 6.16. The molecular formula is C25H22N2O. The van der Waals surface area contributed by atoms with E-state index in [1.54, 1.807) is 0 Å². The van der Waals surface area contributed by atoms with E-state index in [0.29, 0.717) is 11.6 Å². The number of pyridine rings is 2. The lowest BCUT2D eigenvalue weighted by atomic mass is 9.98. The Hall–Kier alpha value is -3.20. The summed E-state index contributed by atoms with van der Waals surface area (Å²) < 4.78 is 6.20. The van der Waals surface area contributed by atoms with Gasteiger partial charge in [-0.15, -0.1) is 0 Å². The summed E-state index contributed by atoms with van der Waals surface area (Å²) in [5.41, 5.74) is 6.96. The van der Waals surface area contributed by atoms with Crippen molar-refractivity contribution in [2.75, 3.05) is 0 Å². The largest absolute Gasteiger partial charge is 0.437 e. The van der Waals surface area contributed by atoms with E-state index in [9.17, 15) is 0 Å². The van der Waals surface area contributed by atoms with Gasteiger partial charge in [-0.3, -0.25) is 4.98 Å². The molecule has 3 heterocycles. The fourth-order valence-electron chi connectivity index (χ4n) is 3.85. The maximum Gasteiger partial charge on any atom is 0.227 e. The zero-order chi connectivity index (χ0) is 19.4. The molecule has 0 saturated heterocycles. The van der Waals surface area contributed by atoms with Gasteiger partial charge in [0.2, 0.25) is 5.71 Å². The summed E-state index contributed by atoms with van der Waals surface area (Å²) in [5, 5.41) is 4.50. The van der Waals surface area contributed by atoms with Crippen molar-refractivity contribution in [2.45, 2.75) is 33.6 Å². The van der Waals surface area contributed by atoms with Crippen LogP contribution in [0.1, 0.15) is 36.6 Å². The molecule has 0 saturated carbocycles. The first kappa shape index (κ1) is 16.9. The first-order valence-corrected chi connectivity index (χ1v) is 9.70. The lowest BCUT2D eigenvalue weighted by Gasteiger charge is -2.09. The molecule has 5 rings (SSSR count). The standard InChI is InChI=1S/C25H22N2O/c1-14(2)17-6-7-18-13-26-23(12-19(18)11-17)22-10-15(3)9-21-20-8-5-16(4)27-25(20)28-24(21)22/h5-14H,1-4H3. The van der Waals surface area contributed by atoms with Crippen molar-refractivity contribution in [1.82, 2.24) is 9.97 Å².